The van der Waals surface area contributed by atoms with Gasteiger partial charge < -0.3 is 10.6 Å². The van der Waals surface area contributed by atoms with E-state index in [2.05, 4.69) is 10.6 Å². The molecule has 0 fully saturated rings. The van der Waals surface area contributed by atoms with Gasteiger partial charge in [0.1, 0.15) is 0 Å². The standard InChI is InChI=1S/C10H20N2O2/c1-4-8(2)10(14)12-7-5-6-11-9(3)13/h8H,4-7H2,1-3H3,(H,11,13)(H,12,14). The van der Waals surface area contributed by atoms with Crippen molar-refractivity contribution in [1.29, 1.82) is 0 Å². The summed E-state index contributed by atoms with van der Waals surface area (Å²) in [6.45, 7) is 6.63. The third-order valence-corrected chi connectivity index (χ3v) is 2.09. The van der Waals surface area contributed by atoms with Crippen molar-refractivity contribution < 1.29 is 9.59 Å². The molecule has 14 heavy (non-hydrogen) atoms. The monoisotopic (exact) mass is 200 g/mol. The maximum Gasteiger partial charge on any atom is 0.222 e. The molecule has 1 atom stereocenters. The van der Waals surface area contributed by atoms with Crippen LogP contribution in [0.2, 0.25) is 0 Å². The number of carbonyl (C=O) groups excluding carboxylic acids is 2. The fourth-order valence-electron chi connectivity index (χ4n) is 0.924. The van der Waals surface area contributed by atoms with Gasteiger partial charge in [-0.15, -0.1) is 0 Å². The van der Waals surface area contributed by atoms with E-state index in [9.17, 15) is 9.59 Å². The van der Waals surface area contributed by atoms with Crippen LogP contribution >= 0.6 is 0 Å². The Kier molecular flexibility index (Phi) is 6.80. The summed E-state index contributed by atoms with van der Waals surface area (Å²) < 4.78 is 0. The van der Waals surface area contributed by atoms with Crippen molar-refractivity contribution in [3.8, 4) is 0 Å². The number of hydrogen-bond acceptors (Lipinski definition) is 2. The third-order valence-electron chi connectivity index (χ3n) is 2.09. The molecule has 0 aliphatic carbocycles. The summed E-state index contributed by atoms with van der Waals surface area (Å²) in [7, 11) is 0. The maximum atomic E-state index is 11.3. The number of nitrogens with one attached hydrogen (secondary N) is 2. The fraction of sp³-hybridized carbons (Fsp3) is 0.800. The Balaban J connectivity index is 3.36. The van der Waals surface area contributed by atoms with Crippen LogP contribution in [0, 0.1) is 5.92 Å². The van der Waals surface area contributed by atoms with Crippen molar-refractivity contribution in [1.82, 2.24) is 10.6 Å². The molecule has 0 rings (SSSR count). The summed E-state index contributed by atoms with van der Waals surface area (Å²) in [6, 6.07) is 0. The average molecular weight is 200 g/mol. The Morgan fingerprint density at radius 2 is 1.79 bits per heavy atom. The van der Waals surface area contributed by atoms with Crippen molar-refractivity contribution in [2.75, 3.05) is 13.1 Å². The zero-order valence-corrected chi connectivity index (χ0v) is 9.22. The van der Waals surface area contributed by atoms with Crippen molar-refractivity contribution in [2.24, 2.45) is 5.92 Å². The van der Waals surface area contributed by atoms with Gasteiger partial charge in [-0.3, -0.25) is 9.59 Å². The molecule has 1 unspecified atom stereocenters. The molecule has 4 nitrogen and oxygen atoms in total. The van der Waals surface area contributed by atoms with Gasteiger partial charge in [-0.2, -0.15) is 0 Å². The SMILES string of the molecule is CCC(C)C(=O)NCCCNC(C)=O. The van der Waals surface area contributed by atoms with Gasteiger partial charge in [0.15, 0.2) is 0 Å². The lowest BCUT2D eigenvalue weighted by atomic mass is 10.1. The highest BCUT2D eigenvalue weighted by Crippen LogP contribution is 1.98. The van der Waals surface area contributed by atoms with E-state index in [1.807, 2.05) is 13.8 Å². The zero-order chi connectivity index (χ0) is 11.0. The van der Waals surface area contributed by atoms with Crippen molar-refractivity contribution in [2.45, 2.75) is 33.6 Å². The van der Waals surface area contributed by atoms with Crippen molar-refractivity contribution >= 4 is 11.8 Å². The summed E-state index contributed by atoms with van der Waals surface area (Å²) in [5.74, 6) is 0.143. The van der Waals surface area contributed by atoms with Gasteiger partial charge in [-0.25, -0.2) is 0 Å². The smallest absolute Gasteiger partial charge is 0.222 e. The highest BCUT2D eigenvalue weighted by molar-refractivity contribution is 5.78. The van der Waals surface area contributed by atoms with E-state index in [0.29, 0.717) is 13.1 Å². The van der Waals surface area contributed by atoms with E-state index in [1.165, 1.54) is 6.92 Å². The van der Waals surface area contributed by atoms with Crippen molar-refractivity contribution in [3.05, 3.63) is 0 Å². The van der Waals surface area contributed by atoms with Crippen LogP contribution in [0.3, 0.4) is 0 Å². The highest BCUT2D eigenvalue weighted by atomic mass is 16.2. The summed E-state index contributed by atoms with van der Waals surface area (Å²) >= 11 is 0. The quantitative estimate of drug-likeness (QED) is 0.619. The summed E-state index contributed by atoms with van der Waals surface area (Å²) in [5, 5.41) is 5.49. The van der Waals surface area contributed by atoms with Gasteiger partial charge in [-0.1, -0.05) is 13.8 Å². The molecular weight excluding hydrogens is 180 g/mol. The lowest BCUT2D eigenvalue weighted by molar-refractivity contribution is -0.124. The summed E-state index contributed by atoms with van der Waals surface area (Å²) in [6.07, 6.45) is 1.64. The fourth-order valence-corrected chi connectivity index (χ4v) is 0.924. The molecule has 0 aromatic rings. The number of carbonyl (C=O) groups is 2. The minimum atomic E-state index is -0.0294. The minimum Gasteiger partial charge on any atom is -0.356 e. The number of hydrogen-bond donors (Lipinski definition) is 2. The maximum absolute atomic E-state index is 11.3. The van der Waals surface area contributed by atoms with E-state index in [-0.39, 0.29) is 17.7 Å². The van der Waals surface area contributed by atoms with Gasteiger partial charge >= 0.3 is 0 Å². The second-order valence-electron chi connectivity index (χ2n) is 3.44. The lowest BCUT2D eigenvalue weighted by Crippen LogP contribution is -2.32. The lowest BCUT2D eigenvalue weighted by Gasteiger charge is -2.09. The van der Waals surface area contributed by atoms with Crippen LogP contribution in [0.5, 0.6) is 0 Å². The molecule has 2 amide bonds. The van der Waals surface area contributed by atoms with Gasteiger partial charge in [0.25, 0.3) is 0 Å². The Morgan fingerprint density at radius 3 is 2.29 bits per heavy atom. The summed E-state index contributed by atoms with van der Waals surface area (Å²) in [4.78, 5) is 21.8. The average Bonchev–Trinajstić information content (AvgIpc) is 2.15. The van der Waals surface area contributed by atoms with Gasteiger partial charge in [0.2, 0.25) is 11.8 Å². The third kappa shape index (κ3) is 6.46. The molecule has 0 bridgehead atoms. The predicted molar refractivity (Wildman–Crippen MR) is 55.8 cm³/mol. The first-order chi connectivity index (χ1) is 6.57. The van der Waals surface area contributed by atoms with Gasteiger partial charge in [0, 0.05) is 25.9 Å². The van der Waals surface area contributed by atoms with E-state index >= 15 is 0 Å². The first kappa shape index (κ1) is 12.9. The first-order valence-electron chi connectivity index (χ1n) is 5.10. The number of rotatable bonds is 6. The first-order valence-corrected chi connectivity index (χ1v) is 5.10. The molecule has 82 valence electrons. The largest absolute Gasteiger partial charge is 0.356 e. The van der Waals surface area contributed by atoms with Gasteiger partial charge in [0.05, 0.1) is 0 Å². The predicted octanol–water partition coefficient (Wildman–Crippen LogP) is 0.675. The van der Waals surface area contributed by atoms with Crippen LogP contribution in [0.15, 0.2) is 0 Å². The number of amides is 2. The molecule has 0 heterocycles. The second-order valence-corrected chi connectivity index (χ2v) is 3.44. The van der Waals surface area contributed by atoms with Gasteiger partial charge in [-0.05, 0) is 12.8 Å². The molecule has 0 aliphatic rings. The van der Waals surface area contributed by atoms with Crippen LogP contribution in [-0.2, 0) is 9.59 Å². The molecule has 0 saturated heterocycles. The molecule has 2 N–H and O–H groups in total. The molecule has 4 heteroatoms. The highest BCUT2D eigenvalue weighted by Gasteiger charge is 2.08. The molecule has 0 spiro atoms. The molecule has 0 aromatic heterocycles. The van der Waals surface area contributed by atoms with E-state index in [0.717, 1.165) is 12.8 Å². The van der Waals surface area contributed by atoms with Crippen LogP contribution in [0.25, 0.3) is 0 Å². The summed E-state index contributed by atoms with van der Waals surface area (Å²) in [5.41, 5.74) is 0. The Morgan fingerprint density at radius 1 is 1.21 bits per heavy atom. The zero-order valence-electron chi connectivity index (χ0n) is 9.22. The molecular formula is C10H20N2O2. The minimum absolute atomic E-state index is 0.0294. The van der Waals surface area contributed by atoms with Crippen LogP contribution < -0.4 is 10.6 Å². The van der Waals surface area contributed by atoms with Crippen molar-refractivity contribution in [3.63, 3.8) is 0 Å². The van der Waals surface area contributed by atoms with Crippen LogP contribution in [-0.4, -0.2) is 24.9 Å². The Hall–Kier alpha value is -1.06. The van der Waals surface area contributed by atoms with E-state index in [1.54, 1.807) is 0 Å². The topological polar surface area (TPSA) is 58.2 Å². The Labute approximate surface area is 85.4 Å². The van der Waals surface area contributed by atoms with E-state index in [4.69, 9.17) is 0 Å². The molecule has 0 saturated carbocycles. The molecule has 0 aromatic carbocycles. The van der Waals surface area contributed by atoms with Crippen LogP contribution in [0.1, 0.15) is 33.6 Å². The molecule has 0 aliphatic heterocycles. The molecule has 0 radical (unpaired) electrons. The van der Waals surface area contributed by atoms with E-state index < -0.39 is 0 Å². The Bertz CT molecular complexity index is 193. The van der Waals surface area contributed by atoms with Crippen LogP contribution in [0.4, 0.5) is 0 Å². The normalized spacial score (nSPS) is 11.9. The second kappa shape index (κ2) is 7.35.